The third-order valence-electron chi connectivity index (χ3n) is 2.62. The van der Waals surface area contributed by atoms with Crippen molar-refractivity contribution in [3.05, 3.63) is 46.1 Å². The van der Waals surface area contributed by atoms with Crippen molar-refractivity contribution in [1.29, 1.82) is 0 Å². The minimum Gasteiger partial charge on any atom is -0.496 e. The van der Waals surface area contributed by atoms with Gasteiger partial charge in [-0.2, -0.15) is 0 Å². The van der Waals surface area contributed by atoms with Crippen LogP contribution in [0.4, 0.5) is 0 Å². The normalized spacial score (nSPS) is 25.4. The molecule has 0 amide bonds. The van der Waals surface area contributed by atoms with Crippen molar-refractivity contribution >= 4 is 29.3 Å². The maximum absolute atomic E-state index is 6.11. The SMILES string of the molecule is Clc1cc(Cl)c2c(n1)C1(C=COC1)OC=C2. The third-order valence-corrected chi connectivity index (χ3v) is 3.13. The van der Waals surface area contributed by atoms with E-state index in [0.29, 0.717) is 22.5 Å². The summed E-state index contributed by atoms with van der Waals surface area (Å²) in [5, 5.41) is 0.913. The van der Waals surface area contributed by atoms with Gasteiger partial charge in [-0.05, 0) is 12.1 Å². The number of aromatic nitrogens is 1. The van der Waals surface area contributed by atoms with Gasteiger partial charge < -0.3 is 9.47 Å². The Hall–Kier alpha value is -1.19. The van der Waals surface area contributed by atoms with Crippen LogP contribution in [0.5, 0.6) is 0 Å². The van der Waals surface area contributed by atoms with Crippen LogP contribution in [0, 0.1) is 0 Å². The van der Waals surface area contributed by atoms with Gasteiger partial charge in [0.25, 0.3) is 0 Å². The lowest BCUT2D eigenvalue weighted by Crippen LogP contribution is -2.31. The van der Waals surface area contributed by atoms with Gasteiger partial charge in [-0.3, -0.25) is 0 Å². The average molecular weight is 256 g/mol. The van der Waals surface area contributed by atoms with Gasteiger partial charge in [-0.1, -0.05) is 23.2 Å². The minimum absolute atomic E-state index is 0.349. The highest BCUT2D eigenvalue weighted by Crippen LogP contribution is 2.40. The van der Waals surface area contributed by atoms with Gasteiger partial charge >= 0.3 is 0 Å². The first-order chi connectivity index (χ1) is 7.71. The summed E-state index contributed by atoms with van der Waals surface area (Å²) in [6.45, 7) is 0.383. The molecule has 0 fully saturated rings. The zero-order chi connectivity index (χ0) is 11.2. The first-order valence-electron chi connectivity index (χ1n) is 4.71. The fourth-order valence-corrected chi connectivity index (χ4v) is 2.36. The second-order valence-corrected chi connectivity index (χ2v) is 4.41. The van der Waals surface area contributed by atoms with Crippen LogP contribution in [0.15, 0.2) is 24.7 Å². The molecule has 3 rings (SSSR count). The Morgan fingerprint density at radius 3 is 2.94 bits per heavy atom. The molecule has 0 radical (unpaired) electrons. The number of ether oxygens (including phenoxy) is 2. The Labute approximate surface area is 102 Å². The van der Waals surface area contributed by atoms with E-state index in [9.17, 15) is 0 Å². The Bertz CT molecular complexity index is 513. The van der Waals surface area contributed by atoms with Crippen molar-refractivity contribution in [3.8, 4) is 0 Å². The summed E-state index contributed by atoms with van der Waals surface area (Å²) < 4.78 is 10.8. The van der Waals surface area contributed by atoms with Crippen LogP contribution in [0.25, 0.3) is 6.08 Å². The van der Waals surface area contributed by atoms with E-state index in [2.05, 4.69) is 4.98 Å². The van der Waals surface area contributed by atoms with Crippen LogP contribution in [-0.2, 0) is 15.1 Å². The largest absolute Gasteiger partial charge is 0.496 e. The Kier molecular flexibility index (Phi) is 2.13. The zero-order valence-corrected chi connectivity index (χ0v) is 9.63. The van der Waals surface area contributed by atoms with Crippen molar-refractivity contribution in [3.63, 3.8) is 0 Å². The smallest absolute Gasteiger partial charge is 0.205 e. The molecule has 0 saturated heterocycles. The highest BCUT2D eigenvalue weighted by molar-refractivity contribution is 6.35. The van der Waals surface area contributed by atoms with E-state index in [0.717, 1.165) is 5.56 Å². The average Bonchev–Trinajstić information content (AvgIpc) is 2.69. The van der Waals surface area contributed by atoms with Crippen LogP contribution < -0.4 is 0 Å². The minimum atomic E-state index is -0.682. The molecule has 1 unspecified atom stereocenters. The molecule has 0 saturated carbocycles. The molecule has 3 heterocycles. The number of rotatable bonds is 0. The van der Waals surface area contributed by atoms with Gasteiger partial charge in [0.1, 0.15) is 17.5 Å². The monoisotopic (exact) mass is 255 g/mol. The van der Waals surface area contributed by atoms with Crippen molar-refractivity contribution in [2.75, 3.05) is 6.61 Å². The predicted octanol–water partition coefficient (Wildman–Crippen LogP) is 3.13. The van der Waals surface area contributed by atoms with Gasteiger partial charge in [-0.15, -0.1) is 0 Å². The zero-order valence-electron chi connectivity index (χ0n) is 8.11. The highest BCUT2D eigenvalue weighted by atomic mass is 35.5. The molecule has 16 heavy (non-hydrogen) atoms. The maximum atomic E-state index is 6.11. The number of hydrogen-bond acceptors (Lipinski definition) is 3. The first-order valence-corrected chi connectivity index (χ1v) is 5.47. The van der Waals surface area contributed by atoms with E-state index in [1.165, 1.54) is 0 Å². The maximum Gasteiger partial charge on any atom is 0.205 e. The predicted molar refractivity (Wildman–Crippen MR) is 61.1 cm³/mol. The molecule has 1 atom stereocenters. The summed E-state index contributed by atoms with van der Waals surface area (Å²) in [6.07, 6.45) is 6.79. The Morgan fingerprint density at radius 1 is 1.31 bits per heavy atom. The van der Waals surface area contributed by atoms with E-state index in [-0.39, 0.29) is 0 Å². The number of nitrogens with zero attached hydrogens (tertiary/aromatic N) is 1. The lowest BCUT2D eigenvalue weighted by molar-refractivity contribution is 0.0217. The Balaban J connectivity index is 2.26. The van der Waals surface area contributed by atoms with Gasteiger partial charge in [-0.25, -0.2) is 4.98 Å². The summed E-state index contributed by atoms with van der Waals surface area (Å²) in [6, 6.07) is 1.62. The quantitative estimate of drug-likeness (QED) is 0.668. The summed E-state index contributed by atoms with van der Waals surface area (Å²) in [7, 11) is 0. The number of pyridine rings is 1. The molecule has 0 aliphatic carbocycles. The molecule has 1 aromatic heterocycles. The van der Waals surface area contributed by atoms with Crippen molar-refractivity contribution < 1.29 is 9.47 Å². The van der Waals surface area contributed by atoms with Crippen LogP contribution in [0.3, 0.4) is 0 Å². The molecule has 1 spiro atoms. The van der Waals surface area contributed by atoms with Crippen LogP contribution >= 0.6 is 23.2 Å². The van der Waals surface area contributed by atoms with Crippen LogP contribution in [-0.4, -0.2) is 11.6 Å². The first kappa shape index (κ1) is 10.00. The summed E-state index contributed by atoms with van der Waals surface area (Å²) in [4.78, 5) is 4.28. The van der Waals surface area contributed by atoms with Gasteiger partial charge in [0.15, 0.2) is 0 Å². The molecule has 82 valence electrons. The molecular weight excluding hydrogens is 249 g/mol. The summed E-state index contributed by atoms with van der Waals surface area (Å²) in [5.41, 5.74) is 0.840. The van der Waals surface area contributed by atoms with E-state index in [4.69, 9.17) is 32.7 Å². The molecule has 0 N–H and O–H groups in total. The summed E-state index contributed by atoms with van der Waals surface area (Å²) in [5.74, 6) is 0. The molecule has 1 aromatic rings. The number of halogens is 2. The fraction of sp³-hybridized carbons (Fsp3) is 0.182. The van der Waals surface area contributed by atoms with Crippen molar-refractivity contribution in [2.24, 2.45) is 0 Å². The number of hydrogen-bond donors (Lipinski definition) is 0. The molecule has 2 aliphatic rings. The molecule has 3 nitrogen and oxygen atoms in total. The Morgan fingerprint density at radius 2 is 2.19 bits per heavy atom. The molecule has 5 heteroatoms. The second-order valence-electron chi connectivity index (χ2n) is 3.61. The lowest BCUT2D eigenvalue weighted by Gasteiger charge is -2.29. The third kappa shape index (κ3) is 1.32. The van der Waals surface area contributed by atoms with Gasteiger partial charge in [0, 0.05) is 11.6 Å². The van der Waals surface area contributed by atoms with E-state index in [1.54, 1.807) is 24.7 Å². The standard InChI is InChI=1S/C11H7Cl2NO2/c12-8-5-9(13)14-10-7(8)1-3-16-11(10)2-4-15-6-11/h1-5H,6H2. The lowest BCUT2D eigenvalue weighted by atomic mass is 9.94. The van der Waals surface area contributed by atoms with E-state index < -0.39 is 5.60 Å². The molecule has 0 aromatic carbocycles. The number of fused-ring (bicyclic) bond motifs is 2. The second kappa shape index (κ2) is 3.40. The van der Waals surface area contributed by atoms with Crippen molar-refractivity contribution in [1.82, 2.24) is 4.98 Å². The topological polar surface area (TPSA) is 31.4 Å². The summed E-state index contributed by atoms with van der Waals surface area (Å²) >= 11 is 12.0. The van der Waals surface area contributed by atoms with E-state index >= 15 is 0 Å². The fourth-order valence-electron chi connectivity index (χ4n) is 1.85. The van der Waals surface area contributed by atoms with Gasteiger partial charge in [0.2, 0.25) is 5.60 Å². The van der Waals surface area contributed by atoms with Crippen molar-refractivity contribution in [2.45, 2.75) is 5.60 Å². The van der Waals surface area contributed by atoms with Crippen LogP contribution in [0.1, 0.15) is 11.3 Å². The van der Waals surface area contributed by atoms with Gasteiger partial charge in [0.05, 0.1) is 17.5 Å². The molecule has 2 aliphatic heterocycles. The van der Waals surface area contributed by atoms with Crippen LogP contribution in [0.2, 0.25) is 10.2 Å². The molecular formula is C11H7Cl2NO2. The molecule has 0 bridgehead atoms. The van der Waals surface area contributed by atoms with E-state index in [1.807, 2.05) is 6.08 Å². The highest BCUT2D eigenvalue weighted by Gasteiger charge is 2.41.